The second-order valence-electron chi connectivity index (χ2n) is 8.03. The van der Waals surface area contributed by atoms with Crippen molar-refractivity contribution in [3.8, 4) is 0 Å². The lowest BCUT2D eigenvalue weighted by molar-refractivity contribution is -0.166. The lowest BCUT2D eigenvalue weighted by Crippen LogP contribution is -2.74. The van der Waals surface area contributed by atoms with Gasteiger partial charge in [0.05, 0.1) is 6.10 Å². The Labute approximate surface area is 182 Å². The Morgan fingerprint density at radius 1 is 1.30 bits per heavy atom. The molecule has 2 amide bonds. The van der Waals surface area contributed by atoms with Gasteiger partial charge in [0.15, 0.2) is 0 Å². The normalized spacial score (nSPS) is 22.9. The van der Waals surface area contributed by atoms with Gasteiger partial charge in [-0.2, -0.15) is 5.10 Å². The van der Waals surface area contributed by atoms with Gasteiger partial charge < -0.3 is 21.1 Å². The first-order valence-corrected chi connectivity index (χ1v) is 9.81. The average Bonchev–Trinajstić information content (AvgIpc) is 3.22. The smallest absolute Gasteiger partial charge is 0.248 e. The van der Waals surface area contributed by atoms with Gasteiger partial charge in [-0.1, -0.05) is 19.9 Å². The maximum Gasteiger partial charge on any atom is 0.248 e. The van der Waals surface area contributed by atoms with Crippen LogP contribution in [0.15, 0.2) is 42.7 Å². The van der Waals surface area contributed by atoms with Gasteiger partial charge in [0.1, 0.15) is 11.6 Å². The minimum Gasteiger partial charge on any atom is -0.378 e. The number of nitrogens with zero attached hydrogens (tertiary/aromatic N) is 2. The number of anilines is 2. The minimum absolute atomic E-state index is 0. The molecule has 4 N–H and O–H groups in total. The summed E-state index contributed by atoms with van der Waals surface area (Å²) in [5, 5.41) is 9.82. The van der Waals surface area contributed by atoms with E-state index in [1.807, 2.05) is 20.8 Å². The SMILES string of the molecule is CCOC1CC(N)(C(=O)Nc2cccc(NC(=O)C(C)n3cccn3)c2)C1(C)C.Cl. The summed E-state index contributed by atoms with van der Waals surface area (Å²) in [5.74, 6) is -0.459. The first kappa shape index (κ1) is 23.9. The van der Waals surface area contributed by atoms with Crippen LogP contribution in [0.2, 0.25) is 0 Å². The topological polar surface area (TPSA) is 111 Å². The molecule has 1 aliphatic carbocycles. The van der Waals surface area contributed by atoms with Crippen LogP contribution in [0.4, 0.5) is 11.4 Å². The Kier molecular flexibility index (Phi) is 7.28. The van der Waals surface area contributed by atoms with E-state index < -0.39 is 17.0 Å². The van der Waals surface area contributed by atoms with Gasteiger partial charge in [-0.25, -0.2) is 0 Å². The standard InChI is InChI=1S/C21H29N5O3.ClH/c1-5-29-17-13-21(22,20(17,3)4)19(28)25-16-9-6-8-15(12-16)24-18(27)14(2)26-11-7-10-23-26;/h6-12,14,17H,5,13,22H2,1-4H3,(H,24,27)(H,25,28);1H. The van der Waals surface area contributed by atoms with Gasteiger partial charge in [0.2, 0.25) is 11.8 Å². The van der Waals surface area contributed by atoms with E-state index in [0.29, 0.717) is 24.4 Å². The predicted molar refractivity (Wildman–Crippen MR) is 119 cm³/mol. The number of nitrogens with one attached hydrogen (secondary N) is 2. The van der Waals surface area contributed by atoms with Crippen molar-refractivity contribution in [3.05, 3.63) is 42.7 Å². The molecule has 30 heavy (non-hydrogen) atoms. The molecule has 3 rings (SSSR count). The molecule has 164 valence electrons. The number of amides is 2. The van der Waals surface area contributed by atoms with E-state index in [4.69, 9.17) is 10.5 Å². The molecule has 1 saturated carbocycles. The number of aromatic nitrogens is 2. The van der Waals surface area contributed by atoms with Crippen LogP contribution in [0, 0.1) is 5.41 Å². The highest BCUT2D eigenvalue weighted by Crippen LogP contribution is 2.50. The highest BCUT2D eigenvalue weighted by atomic mass is 35.5. The van der Waals surface area contributed by atoms with Crippen molar-refractivity contribution in [3.63, 3.8) is 0 Å². The van der Waals surface area contributed by atoms with Crippen LogP contribution in [-0.4, -0.2) is 39.8 Å². The molecule has 0 aliphatic heterocycles. The molecular formula is C21H30ClN5O3. The average molecular weight is 436 g/mol. The number of ether oxygens (including phenoxy) is 1. The molecule has 1 fully saturated rings. The van der Waals surface area contributed by atoms with Gasteiger partial charge >= 0.3 is 0 Å². The number of carbonyl (C=O) groups excluding carboxylic acids is 2. The first-order valence-electron chi connectivity index (χ1n) is 9.81. The molecule has 9 heteroatoms. The van der Waals surface area contributed by atoms with Crippen molar-refractivity contribution in [1.82, 2.24) is 9.78 Å². The second kappa shape index (κ2) is 9.16. The molecule has 3 atom stereocenters. The van der Waals surface area contributed by atoms with E-state index in [1.165, 1.54) is 0 Å². The fraction of sp³-hybridized carbons (Fsp3) is 0.476. The summed E-state index contributed by atoms with van der Waals surface area (Å²) in [6.45, 7) is 8.18. The van der Waals surface area contributed by atoms with E-state index in [2.05, 4.69) is 15.7 Å². The summed E-state index contributed by atoms with van der Waals surface area (Å²) in [6.07, 6.45) is 3.79. The lowest BCUT2D eigenvalue weighted by atomic mass is 9.54. The summed E-state index contributed by atoms with van der Waals surface area (Å²) in [6, 6.07) is 8.31. The van der Waals surface area contributed by atoms with Crippen LogP contribution in [0.3, 0.4) is 0 Å². The molecule has 1 aliphatic rings. The summed E-state index contributed by atoms with van der Waals surface area (Å²) in [4.78, 5) is 25.3. The Morgan fingerprint density at radius 3 is 2.53 bits per heavy atom. The van der Waals surface area contributed by atoms with E-state index in [1.54, 1.807) is 54.3 Å². The number of nitrogens with two attached hydrogens (primary N) is 1. The van der Waals surface area contributed by atoms with Gasteiger partial charge in [-0.3, -0.25) is 14.3 Å². The van der Waals surface area contributed by atoms with Crippen molar-refractivity contribution < 1.29 is 14.3 Å². The van der Waals surface area contributed by atoms with Gasteiger partial charge in [0, 0.05) is 42.2 Å². The van der Waals surface area contributed by atoms with E-state index >= 15 is 0 Å². The molecule has 1 aromatic carbocycles. The van der Waals surface area contributed by atoms with Gasteiger partial charge in [-0.15, -0.1) is 12.4 Å². The van der Waals surface area contributed by atoms with Crippen molar-refractivity contribution >= 4 is 35.6 Å². The van der Waals surface area contributed by atoms with E-state index in [9.17, 15) is 9.59 Å². The van der Waals surface area contributed by atoms with Crippen molar-refractivity contribution in [2.24, 2.45) is 11.1 Å². The largest absolute Gasteiger partial charge is 0.378 e. The number of rotatable bonds is 7. The van der Waals surface area contributed by atoms with Crippen LogP contribution in [-0.2, 0) is 14.3 Å². The summed E-state index contributed by atoms with van der Waals surface area (Å²) >= 11 is 0. The first-order chi connectivity index (χ1) is 13.7. The number of hydrogen-bond donors (Lipinski definition) is 3. The second-order valence-corrected chi connectivity index (χ2v) is 8.03. The number of hydrogen-bond acceptors (Lipinski definition) is 5. The van der Waals surface area contributed by atoms with Gasteiger partial charge in [-0.05, 0) is 38.1 Å². The molecule has 1 heterocycles. The third-order valence-corrected chi connectivity index (χ3v) is 5.92. The fourth-order valence-corrected chi connectivity index (χ4v) is 3.61. The zero-order valence-corrected chi connectivity index (χ0v) is 18.5. The lowest BCUT2D eigenvalue weighted by Gasteiger charge is -2.57. The maximum absolute atomic E-state index is 12.9. The zero-order valence-electron chi connectivity index (χ0n) is 17.7. The molecule has 3 unspecified atom stereocenters. The molecule has 2 aromatic rings. The third-order valence-electron chi connectivity index (χ3n) is 5.92. The van der Waals surface area contributed by atoms with Crippen LogP contribution >= 0.6 is 12.4 Å². The molecular weight excluding hydrogens is 406 g/mol. The quantitative estimate of drug-likeness (QED) is 0.619. The highest BCUT2D eigenvalue weighted by molar-refractivity contribution is 6.00. The monoisotopic (exact) mass is 435 g/mol. The molecule has 0 spiro atoms. The van der Waals surface area contributed by atoms with Crippen molar-refractivity contribution in [2.75, 3.05) is 17.2 Å². The van der Waals surface area contributed by atoms with Crippen LogP contribution in [0.1, 0.15) is 40.2 Å². The molecule has 0 bridgehead atoms. The van der Waals surface area contributed by atoms with Crippen LogP contribution in [0.25, 0.3) is 0 Å². The van der Waals surface area contributed by atoms with Crippen LogP contribution < -0.4 is 16.4 Å². The summed E-state index contributed by atoms with van der Waals surface area (Å²) in [5.41, 5.74) is 6.10. The number of halogens is 1. The minimum atomic E-state index is -1.01. The Bertz CT molecular complexity index is 887. The summed E-state index contributed by atoms with van der Waals surface area (Å²) < 4.78 is 7.27. The van der Waals surface area contributed by atoms with Crippen molar-refractivity contribution in [2.45, 2.75) is 51.8 Å². The van der Waals surface area contributed by atoms with E-state index in [0.717, 1.165) is 0 Å². The number of benzene rings is 1. The number of carbonyl (C=O) groups is 2. The Balaban J connectivity index is 0.00000320. The molecule has 0 radical (unpaired) electrons. The van der Waals surface area contributed by atoms with Gasteiger partial charge in [0.25, 0.3) is 0 Å². The fourth-order valence-electron chi connectivity index (χ4n) is 3.61. The molecule has 1 aromatic heterocycles. The predicted octanol–water partition coefficient (Wildman–Crippen LogP) is 2.98. The van der Waals surface area contributed by atoms with E-state index in [-0.39, 0.29) is 30.3 Å². The third kappa shape index (κ3) is 4.35. The highest BCUT2D eigenvalue weighted by Gasteiger charge is 2.62. The molecule has 0 saturated heterocycles. The van der Waals surface area contributed by atoms with Crippen LogP contribution in [0.5, 0.6) is 0 Å². The Hall–Kier alpha value is -2.42. The maximum atomic E-state index is 12.9. The Morgan fingerprint density at radius 2 is 1.97 bits per heavy atom. The van der Waals surface area contributed by atoms with Crippen molar-refractivity contribution in [1.29, 1.82) is 0 Å². The molecule has 8 nitrogen and oxygen atoms in total. The summed E-state index contributed by atoms with van der Waals surface area (Å²) in [7, 11) is 0. The zero-order chi connectivity index (χ0) is 21.2.